The summed E-state index contributed by atoms with van der Waals surface area (Å²) in [6, 6.07) is 1.74. The minimum absolute atomic E-state index is 0.105. The van der Waals surface area contributed by atoms with E-state index in [2.05, 4.69) is 42.2 Å². The SMILES string of the molecule is C=C1c2c(OC)cc(OC)c(Cl)c2O[C@@]12C(/C=C\CCC)=C(I)C(=O)C[C@H]2C. The number of ether oxygens (including phenoxy) is 3. The van der Waals surface area contributed by atoms with E-state index in [4.69, 9.17) is 25.8 Å². The predicted molar refractivity (Wildman–Crippen MR) is 121 cm³/mol. The van der Waals surface area contributed by atoms with E-state index < -0.39 is 5.60 Å². The average Bonchev–Trinajstić information content (AvgIpc) is 2.99. The Morgan fingerprint density at radius 2 is 2.07 bits per heavy atom. The third-order valence-corrected chi connectivity index (χ3v) is 6.95. The highest BCUT2D eigenvalue weighted by Crippen LogP contribution is 2.60. The Kier molecular flexibility index (Phi) is 6.15. The summed E-state index contributed by atoms with van der Waals surface area (Å²) in [5.41, 5.74) is 1.47. The van der Waals surface area contributed by atoms with Crippen LogP contribution >= 0.6 is 34.2 Å². The van der Waals surface area contributed by atoms with Crippen LogP contribution in [0.3, 0.4) is 0 Å². The number of hydrogen-bond acceptors (Lipinski definition) is 4. The van der Waals surface area contributed by atoms with Gasteiger partial charge in [0.1, 0.15) is 16.5 Å². The first-order valence-electron chi connectivity index (χ1n) is 9.26. The summed E-state index contributed by atoms with van der Waals surface area (Å²) in [6.45, 7) is 8.51. The first-order valence-corrected chi connectivity index (χ1v) is 10.7. The summed E-state index contributed by atoms with van der Waals surface area (Å²) in [4.78, 5) is 12.6. The van der Waals surface area contributed by atoms with E-state index in [0.29, 0.717) is 32.3 Å². The average molecular weight is 515 g/mol. The number of allylic oxidation sites excluding steroid dienone is 2. The maximum atomic E-state index is 12.6. The molecule has 1 aliphatic carbocycles. The van der Waals surface area contributed by atoms with Crippen LogP contribution in [0.1, 0.15) is 38.7 Å². The highest BCUT2D eigenvalue weighted by Gasteiger charge is 2.55. The number of methoxy groups -OCH3 is 2. The lowest BCUT2D eigenvalue weighted by Gasteiger charge is -2.40. The highest BCUT2D eigenvalue weighted by atomic mass is 127. The zero-order valence-corrected chi connectivity index (χ0v) is 19.4. The van der Waals surface area contributed by atoms with Crippen LogP contribution in [-0.2, 0) is 4.79 Å². The van der Waals surface area contributed by atoms with E-state index in [1.807, 2.05) is 13.0 Å². The second kappa shape index (κ2) is 8.11. The molecule has 1 aromatic rings. The molecule has 0 saturated carbocycles. The predicted octanol–water partition coefficient (Wildman–Crippen LogP) is 6.16. The Bertz CT molecular complexity index is 902. The number of rotatable bonds is 5. The molecule has 0 fully saturated rings. The summed E-state index contributed by atoms with van der Waals surface area (Å²) in [5, 5.41) is 0.382. The van der Waals surface area contributed by atoms with Gasteiger partial charge in [0.25, 0.3) is 0 Å². The zero-order chi connectivity index (χ0) is 20.6. The number of carbonyl (C=O) groups excluding carboxylic acids is 1. The van der Waals surface area contributed by atoms with Crippen molar-refractivity contribution in [2.45, 2.75) is 38.7 Å². The number of benzene rings is 1. The van der Waals surface area contributed by atoms with Gasteiger partial charge in [0.05, 0.1) is 23.4 Å². The van der Waals surface area contributed by atoms with Crippen molar-refractivity contribution in [3.63, 3.8) is 0 Å². The normalized spacial score (nSPS) is 24.1. The second-order valence-corrected chi connectivity index (χ2v) is 8.52. The Hall–Kier alpha value is -1.47. The van der Waals surface area contributed by atoms with E-state index in [1.54, 1.807) is 20.3 Å². The van der Waals surface area contributed by atoms with Crippen LogP contribution in [0, 0.1) is 5.92 Å². The molecular formula is C22H24ClIO4. The highest BCUT2D eigenvalue weighted by molar-refractivity contribution is 14.1. The van der Waals surface area contributed by atoms with Crippen molar-refractivity contribution in [3.05, 3.63) is 44.5 Å². The number of halogens is 2. The molecule has 0 unspecified atom stereocenters. The van der Waals surface area contributed by atoms with Crippen molar-refractivity contribution in [3.8, 4) is 17.2 Å². The number of carbonyl (C=O) groups is 1. The van der Waals surface area contributed by atoms with Crippen molar-refractivity contribution in [2.24, 2.45) is 5.92 Å². The Labute approximate surface area is 184 Å². The Balaban J connectivity index is 2.26. The van der Waals surface area contributed by atoms with Gasteiger partial charge in [-0.05, 0) is 29.0 Å². The lowest BCUT2D eigenvalue weighted by Crippen LogP contribution is -2.46. The molecule has 6 heteroatoms. The number of hydrogen-bond donors (Lipinski definition) is 0. The van der Waals surface area contributed by atoms with E-state index in [-0.39, 0.29) is 11.7 Å². The van der Waals surface area contributed by atoms with Crippen molar-refractivity contribution in [2.75, 3.05) is 14.2 Å². The molecule has 0 amide bonds. The first-order chi connectivity index (χ1) is 13.3. The van der Waals surface area contributed by atoms with Crippen molar-refractivity contribution < 1.29 is 19.0 Å². The van der Waals surface area contributed by atoms with Crippen LogP contribution in [0.4, 0.5) is 0 Å². The van der Waals surface area contributed by atoms with Gasteiger partial charge < -0.3 is 14.2 Å². The van der Waals surface area contributed by atoms with Gasteiger partial charge in [-0.2, -0.15) is 0 Å². The van der Waals surface area contributed by atoms with Gasteiger partial charge in [0.15, 0.2) is 17.1 Å². The van der Waals surface area contributed by atoms with Crippen LogP contribution in [0.5, 0.6) is 17.2 Å². The summed E-state index contributed by atoms with van der Waals surface area (Å²) in [5.74, 6) is 1.58. The molecule has 2 aliphatic rings. The summed E-state index contributed by atoms with van der Waals surface area (Å²) >= 11 is 8.71. The maximum absolute atomic E-state index is 12.6. The van der Waals surface area contributed by atoms with Gasteiger partial charge >= 0.3 is 0 Å². The molecule has 0 saturated heterocycles. The largest absolute Gasteiger partial charge is 0.496 e. The van der Waals surface area contributed by atoms with Crippen LogP contribution in [0.25, 0.3) is 5.57 Å². The van der Waals surface area contributed by atoms with Crippen molar-refractivity contribution in [1.29, 1.82) is 0 Å². The van der Waals surface area contributed by atoms with E-state index >= 15 is 0 Å². The molecule has 1 aliphatic heterocycles. The van der Waals surface area contributed by atoms with Crippen molar-refractivity contribution in [1.82, 2.24) is 0 Å². The van der Waals surface area contributed by atoms with Gasteiger partial charge in [-0.1, -0.05) is 50.6 Å². The van der Waals surface area contributed by atoms with E-state index in [9.17, 15) is 4.79 Å². The molecule has 2 atom stereocenters. The molecule has 0 bridgehead atoms. The molecule has 28 heavy (non-hydrogen) atoms. The third kappa shape index (κ3) is 3.07. The minimum Gasteiger partial charge on any atom is -0.496 e. The summed E-state index contributed by atoms with van der Waals surface area (Å²) < 4.78 is 18.2. The van der Waals surface area contributed by atoms with Gasteiger partial charge in [-0.3, -0.25) is 4.79 Å². The molecular weight excluding hydrogens is 491 g/mol. The molecule has 0 radical (unpaired) electrons. The monoisotopic (exact) mass is 514 g/mol. The molecule has 0 aromatic heterocycles. The topological polar surface area (TPSA) is 44.8 Å². The Morgan fingerprint density at radius 3 is 2.68 bits per heavy atom. The lowest BCUT2D eigenvalue weighted by atomic mass is 9.70. The van der Waals surface area contributed by atoms with Gasteiger partial charge in [0, 0.05) is 29.6 Å². The number of unbranched alkanes of at least 4 members (excludes halogenated alkanes) is 1. The fourth-order valence-electron chi connectivity index (χ4n) is 3.96. The molecule has 0 N–H and O–H groups in total. The molecule has 3 rings (SSSR count). The van der Waals surface area contributed by atoms with Crippen molar-refractivity contribution >= 4 is 45.5 Å². The first kappa shape index (κ1) is 21.2. The minimum atomic E-state index is -0.861. The smallest absolute Gasteiger partial charge is 0.169 e. The van der Waals surface area contributed by atoms with Gasteiger partial charge in [-0.25, -0.2) is 0 Å². The standard InChI is InChI=1S/C22H24ClIO4/c1-6-7-8-9-14-20(24)15(25)10-12(2)22(14)13(3)18-16(26-4)11-17(27-5)19(23)21(18)28-22/h8-9,11-12H,3,6-7,10H2,1-2,4-5H3/b9-8-/t12-,22-/m1/s1. The van der Waals surface area contributed by atoms with Crippen LogP contribution in [-0.4, -0.2) is 25.6 Å². The molecule has 1 spiro atoms. The van der Waals surface area contributed by atoms with Crippen LogP contribution in [0.2, 0.25) is 5.02 Å². The van der Waals surface area contributed by atoms with Gasteiger partial charge in [0.2, 0.25) is 0 Å². The summed E-state index contributed by atoms with van der Waals surface area (Å²) in [7, 11) is 3.15. The Morgan fingerprint density at radius 1 is 1.39 bits per heavy atom. The maximum Gasteiger partial charge on any atom is 0.169 e. The van der Waals surface area contributed by atoms with E-state index in [0.717, 1.165) is 29.6 Å². The van der Waals surface area contributed by atoms with Crippen LogP contribution in [0.15, 0.2) is 34.0 Å². The van der Waals surface area contributed by atoms with Gasteiger partial charge in [-0.15, -0.1) is 0 Å². The number of ketones is 1. The molecule has 1 heterocycles. The quantitative estimate of drug-likeness (QED) is 0.442. The second-order valence-electron chi connectivity index (χ2n) is 7.06. The fourth-order valence-corrected chi connectivity index (χ4v) is 5.02. The van der Waals surface area contributed by atoms with Crippen LogP contribution < -0.4 is 14.2 Å². The molecule has 1 aromatic carbocycles. The molecule has 4 nitrogen and oxygen atoms in total. The fraction of sp³-hybridized carbons (Fsp3) is 0.409. The number of Topliss-reactive ketones (excluding diaryl/α,β-unsaturated/α-hetero) is 1. The molecule has 150 valence electrons. The third-order valence-electron chi connectivity index (χ3n) is 5.41. The number of fused-ring (bicyclic) bond motifs is 1. The zero-order valence-electron chi connectivity index (χ0n) is 16.5. The summed E-state index contributed by atoms with van der Waals surface area (Å²) in [6.07, 6.45) is 6.42. The lowest BCUT2D eigenvalue weighted by molar-refractivity contribution is -0.117. The van der Waals surface area contributed by atoms with E-state index in [1.165, 1.54) is 0 Å².